The number of rotatable bonds is 5. The summed E-state index contributed by atoms with van der Waals surface area (Å²) in [4.78, 5) is 0. The summed E-state index contributed by atoms with van der Waals surface area (Å²) in [5.41, 5.74) is 0.879. The van der Waals surface area contributed by atoms with Crippen LogP contribution in [0.3, 0.4) is 0 Å². The summed E-state index contributed by atoms with van der Waals surface area (Å²) in [6, 6.07) is 6.57. The summed E-state index contributed by atoms with van der Waals surface area (Å²) in [7, 11) is 0. The van der Waals surface area contributed by atoms with E-state index in [2.05, 4.69) is 29.8 Å². The average Bonchev–Trinajstić information content (AvgIpc) is 2.25. The van der Waals surface area contributed by atoms with Crippen molar-refractivity contribution >= 4 is 15.9 Å². The van der Waals surface area contributed by atoms with Gasteiger partial charge in [0, 0.05) is 5.33 Å². The molecule has 0 heterocycles. The Kier molecular flexibility index (Phi) is 5.42. The standard InChI is InChI=1S/C13H18BrFO/c1-9(2)10(3)16-13(8-14)11-5-4-6-12(15)7-11/h4-7,9-10,13H,8H2,1-3H3. The molecule has 1 nitrogen and oxygen atoms in total. The summed E-state index contributed by atoms with van der Waals surface area (Å²) in [5, 5.41) is 0.674. The van der Waals surface area contributed by atoms with Gasteiger partial charge in [-0.05, 0) is 30.5 Å². The second-order valence-electron chi connectivity index (χ2n) is 4.28. The molecule has 0 bridgehead atoms. The maximum absolute atomic E-state index is 13.1. The van der Waals surface area contributed by atoms with Crippen LogP contribution in [-0.4, -0.2) is 11.4 Å². The molecule has 1 aromatic carbocycles. The van der Waals surface area contributed by atoms with E-state index in [0.29, 0.717) is 11.2 Å². The Morgan fingerprint density at radius 1 is 1.31 bits per heavy atom. The van der Waals surface area contributed by atoms with E-state index in [4.69, 9.17) is 4.74 Å². The van der Waals surface area contributed by atoms with Crippen LogP contribution in [-0.2, 0) is 4.74 Å². The fourth-order valence-electron chi connectivity index (χ4n) is 1.33. The van der Waals surface area contributed by atoms with Gasteiger partial charge in [-0.2, -0.15) is 0 Å². The lowest BCUT2D eigenvalue weighted by atomic mass is 10.1. The van der Waals surface area contributed by atoms with E-state index in [-0.39, 0.29) is 18.0 Å². The highest BCUT2D eigenvalue weighted by molar-refractivity contribution is 9.09. The van der Waals surface area contributed by atoms with E-state index < -0.39 is 0 Å². The molecule has 0 saturated heterocycles. The first-order valence-electron chi connectivity index (χ1n) is 5.51. The van der Waals surface area contributed by atoms with E-state index in [1.165, 1.54) is 12.1 Å². The minimum Gasteiger partial charge on any atom is -0.369 e. The number of alkyl halides is 1. The van der Waals surface area contributed by atoms with Crippen LogP contribution in [0.1, 0.15) is 32.4 Å². The van der Waals surface area contributed by atoms with E-state index in [0.717, 1.165) is 5.56 Å². The van der Waals surface area contributed by atoms with Gasteiger partial charge in [-0.25, -0.2) is 4.39 Å². The molecule has 0 saturated carbocycles. The van der Waals surface area contributed by atoms with Gasteiger partial charge in [0.2, 0.25) is 0 Å². The second kappa shape index (κ2) is 6.36. The van der Waals surface area contributed by atoms with Crippen molar-refractivity contribution < 1.29 is 9.13 Å². The minimum absolute atomic E-state index is 0.0897. The van der Waals surface area contributed by atoms with Gasteiger partial charge in [-0.1, -0.05) is 41.9 Å². The van der Waals surface area contributed by atoms with Crippen LogP contribution in [0.2, 0.25) is 0 Å². The van der Waals surface area contributed by atoms with Crippen molar-refractivity contribution in [1.29, 1.82) is 0 Å². The Balaban J connectivity index is 2.74. The SMILES string of the molecule is CC(C)C(C)OC(CBr)c1cccc(F)c1. The van der Waals surface area contributed by atoms with Crippen LogP contribution >= 0.6 is 15.9 Å². The first kappa shape index (κ1) is 13.7. The van der Waals surface area contributed by atoms with Crippen LogP contribution in [0, 0.1) is 11.7 Å². The molecule has 0 N–H and O–H groups in total. The zero-order valence-electron chi connectivity index (χ0n) is 9.91. The van der Waals surface area contributed by atoms with Crippen molar-refractivity contribution in [2.75, 3.05) is 5.33 Å². The molecule has 0 radical (unpaired) electrons. The van der Waals surface area contributed by atoms with E-state index in [1.807, 2.05) is 13.0 Å². The fourth-order valence-corrected chi connectivity index (χ4v) is 1.85. The van der Waals surface area contributed by atoms with Crippen LogP contribution < -0.4 is 0 Å². The molecule has 0 aliphatic rings. The van der Waals surface area contributed by atoms with Gasteiger partial charge in [-0.3, -0.25) is 0 Å². The van der Waals surface area contributed by atoms with Crippen LogP contribution in [0.5, 0.6) is 0 Å². The fraction of sp³-hybridized carbons (Fsp3) is 0.538. The third kappa shape index (κ3) is 3.87. The smallest absolute Gasteiger partial charge is 0.123 e. The maximum atomic E-state index is 13.1. The van der Waals surface area contributed by atoms with Gasteiger partial charge in [0.1, 0.15) is 5.82 Å². The molecule has 1 aromatic rings. The Labute approximate surface area is 105 Å². The summed E-state index contributed by atoms with van der Waals surface area (Å²) in [6.07, 6.45) is 0.0684. The Morgan fingerprint density at radius 2 is 2.00 bits per heavy atom. The molecule has 3 heteroatoms. The molecule has 0 aliphatic carbocycles. The highest BCUT2D eigenvalue weighted by atomic mass is 79.9. The highest BCUT2D eigenvalue weighted by Gasteiger charge is 2.16. The normalized spacial score (nSPS) is 15.1. The molecule has 2 unspecified atom stereocenters. The molecule has 0 amide bonds. The lowest BCUT2D eigenvalue weighted by Gasteiger charge is -2.23. The van der Waals surface area contributed by atoms with E-state index in [9.17, 15) is 4.39 Å². The summed E-state index contributed by atoms with van der Waals surface area (Å²) >= 11 is 3.41. The Hall–Kier alpha value is -0.410. The molecule has 0 fully saturated rings. The first-order chi connectivity index (χ1) is 7.54. The lowest BCUT2D eigenvalue weighted by molar-refractivity contribution is -0.0143. The van der Waals surface area contributed by atoms with Crippen LogP contribution in [0.25, 0.3) is 0 Å². The predicted molar refractivity (Wildman–Crippen MR) is 68.3 cm³/mol. The monoisotopic (exact) mass is 288 g/mol. The third-order valence-electron chi connectivity index (χ3n) is 2.68. The molecule has 16 heavy (non-hydrogen) atoms. The largest absolute Gasteiger partial charge is 0.369 e. The third-order valence-corrected chi connectivity index (χ3v) is 3.27. The van der Waals surface area contributed by atoms with Crippen LogP contribution in [0.4, 0.5) is 4.39 Å². The van der Waals surface area contributed by atoms with Gasteiger partial charge >= 0.3 is 0 Å². The van der Waals surface area contributed by atoms with Gasteiger partial charge in [0.25, 0.3) is 0 Å². The molecule has 1 rings (SSSR count). The van der Waals surface area contributed by atoms with Crippen molar-refractivity contribution in [3.63, 3.8) is 0 Å². The number of hydrogen-bond acceptors (Lipinski definition) is 1. The Bertz CT molecular complexity index is 327. The average molecular weight is 289 g/mol. The van der Waals surface area contributed by atoms with Gasteiger partial charge in [0.05, 0.1) is 12.2 Å². The predicted octanol–water partition coefficient (Wildman–Crippen LogP) is 4.32. The molecule has 2 atom stereocenters. The topological polar surface area (TPSA) is 9.23 Å². The quantitative estimate of drug-likeness (QED) is 0.733. The number of ether oxygens (including phenoxy) is 1. The van der Waals surface area contributed by atoms with E-state index in [1.54, 1.807) is 6.07 Å². The van der Waals surface area contributed by atoms with Crippen molar-refractivity contribution in [3.8, 4) is 0 Å². The molecule has 0 aromatic heterocycles. The number of halogens is 2. The van der Waals surface area contributed by atoms with E-state index >= 15 is 0 Å². The van der Waals surface area contributed by atoms with Crippen molar-refractivity contribution in [2.45, 2.75) is 33.0 Å². The number of benzene rings is 1. The molecule has 90 valence electrons. The summed E-state index contributed by atoms with van der Waals surface area (Å²) in [6.45, 7) is 6.27. The molecule has 0 spiro atoms. The number of hydrogen-bond donors (Lipinski definition) is 0. The first-order valence-corrected chi connectivity index (χ1v) is 6.63. The van der Waals surface area contributed by atoms with Crippen molar-refractivity contribution in [1.82, 2.24) is 0 Å². The highest BCUT2D eigenvalue weighted by Crippen LogP contribution is 2.24. The van der Waals surface area contributed by atoms with Crippen molar-refractivity contribution in [2.24, 2.45) is 5.92 Å². The van der Waals surface area contributed by atoms with Crippen LogP contribution in [0.15, 0.2) is 24.3 Å². The lowest BCUT2D eigenvalue weighted by Crippen LogP contribution is -2.20. The maximum Gasteiger partial charge on any atom is 0.123 e. The summed E-state index contributed by atoms with van der Waals surface area (Å²) in [5.74, 6) is 0.236. The van der Waals surface area contributed by atoms with Gasteiger partial charge in [-0.15, -0.1) is 0 Å². The van der Waals surface area contributed by atoms with Crippen molar-refractivity contribution in [3.05, 3.63) is 35.6 Å². The molecular formula is C13H18BrFO. The summed E-state index contributed by atoms with van der Waals surface area (Å²) < 4.78 is 19.0. The Morgan fingerprint density at radius 3 is 2.50 bits per heavy atom. The molecule has 0 aliphatic heterocycles. The van der Waals surface area contributed by atoms with Gasteiger partial charge < -0.3 is 4.74 Å². The zero-order valence-corrected chi connectivity index (χ0v) is 11.5. The second-order valence-corrected chi connectivity index (χ2v) is 4.93. The zero-order chi connectivity index (χ0) is 12.1. The minimum atomic E-state index is -0.218. The van der Waals surface area contributed by atoms with Gasteiger partial charge in [0.15, 0.2) is 0 Å². The molecular weight excluding hydrogens is 271 g/mol.